The molecule has 1 atom stereocenters. The summed E-state index contributed by atoms with van der Waals surface area (Å²) in [7, 11) is 1.62. The minimum atomic E-state index is -0.582. The van der Waals surface area contributed by atoms with Gasteiger partial charge < -0.3 is 19.5 Å². The second-order valence-electron chi connectivity index (χ2n) is 8.89. The van der Waals surface area contributed by atoms with Crippen molar-refractivity contribution in [2.24, 2.45) is 0 Å². The van der Waals surface area contributed by atoms with Crippen LogP contribution in [-0.4, -0.2) is 72.5 Å². The van der Waals surface area contributed by atoms with Crippen molar-refractivity contribution < 1.29 is 19.0 Å². The van der Waals surface area contributed by atoms with Crippen molar-refractivity contribution in [1.82, 2.24) is 14.9 Å². The molecule has 7 nitrogen and oxygen atoms in total. The van der Waals surface area contributed by atoms with Gasteiger partial charge in [-0.25, -0.2) is 14.4 Å². The zero-order valence-electron chi connectivity index (χ0n) is 20.6. The molecule has 0 amide bonds. The second-order valence-corrected chi connectivity index (χ2v) is 8.89. The van der Waals surface area contributed by atoms with Crippen LogP contribution in [0.1, 0.15) is 22.6 Å². The van der Waals surface area contributed by atoms with Crippen molar-refractivity contribution in [2.75, 3.05) is 51.3 Å². The highest BCUT2D eigenvalue weighted by molar-refractivity contribution is 5.51. The number of rotatable bonds is 9. The van der Waals surface area contributed by atoms with Gasteiger partial charge in [0.15, 0.2) is 0 Å². The van der Waals surface area contributed by atoms with E-state index in [1.807, 2.05) is 50.2 Å². The van der Waals surface area contributed by atoms with Gasteiger partial charge in [-0.3, -0.25) is 4.90 Å². The third kappa shape index (κ3) is 6.68. The summed E-state index contributed by atoms with van der Waals surface area (Å²) in [6.45, 7) is 7.94. The molecule has 2 aromatic carbocycles. The first-order valence-electron chi connectivity index (χ1n) is 11.9. The fourth-order valence-corrected chi connectivity index (χ4v) is 4.35. The maximum absolute atomic E-state index is 13.3. The monoisotopic (exact) mass is 480 g/mol. The van der Waals surface area contributed by atoms with Crippen LogP contribution >= 0.6 is 0 Å². The third-order valence-corrected chi connectivity index (χ3v) is 6.24. The van der Waals surface area contributed by atoms with Gasteiger partial charge in [0.1, 0.15) is 41.7 Å². The van der Waals surface area contributed by atoms with Crippen molar-refractivity contribution in [2.45, 2.75) is 26.4 Å². The molecule has 2 heterocycles. The number of aromatic nitrogens is 2. The van der Waals surface area contributed by atoms with Gasteiger partial charge in [0, 0.05) is 50.4 Å². The first-order chi connectivity index (χ1) is 16.9. The molecule has 1 aliphatic heterocycles. The highest BCUT2D eigenvalue weighted by atomic mass is 19.1. The van der Waals surface area contributed by atoms with Crippen LogP contribution in [0.5, 0.6) is 11.5 Å². The van der Waals surface area contributed by atoms with E-state index in [0.29, 0.717) is 18.7 Å². The van der Waals surface area contributed by atoms with Crippen LogP contribution < -0.4 is 14.4 Å². The van der Waals surface area contributed by atoms with E-state index < -0.39 is 6.10 Å². The van der Waals surface area contributed by atoms with E-state index in [1.54, 1.807) is 7.11 Å². The van der Waals surface area contributed by atoms with Crippen LogP contribution in [0.25, 0.3) is 0 Å². The smallest absolute Gasteiger partial charge is 0.136 e. The summed E-state index contributed by atoms with van der Waals surface area (Å²) in [6.07, 6.45) is 0.0739. The molecule has 0 radical (unpaired) electrons. The zero-order chi connectivity index (χ0) is 24.8. The average molecular weight is 481 g/mol. The van der Waals surface area contributed by atoms with Gasteiger partial charge in [-0.05, 0) is 55.8 Å². The van der Waals surface area contributed by atoms with E-state index in [2.05, 4.69) is 14.8 Å². The molecule has 1 aromatic heterocycles. The largest absolute Gasteiger partial charge is 0.497 e. The van der Waals surface area contributed by atoms with E-state index in [1.165, 1.54) is 12.1 Å². The van der Waals surface area contributed by atoms with Crippen LogP contribution in [0, 0.1) is 19.7 Å². The van der Waals surface area contributed by atoms with E-state index in [-0.39, 0.29) is 12.4 Å². The highest BCUT2D eigenvalue weighted by Gasteiger charge is 2.23. The summed E-state index contributed by atoms with van der Waals surface area (Å²) in [5.74, 6) is 2.93. The Labute approximate surface area is 206 Å². The van der Waals surface area contributed by atoms with Crippen LogP contribution in [0.3, 0.4) is 0 Å². The summed E-state index contributed by atoms with van der Waals surface area (Å²) >= 11 is 0. The Hall–Kier alpha value is -3.23. The number of aliphatic hydroxyl groups is 1. The topological polar surface area (TPSA) is 71.0 Å². The number of benzene rings is 2. The Morgan fingerprint density at radius 2 is 1.60 bits per heavy atom. The van der Waals surface area contributed by atoms with Crippen molar-refractivity contribution in [3.05, 3.63) is 77.0 Å². The minimum absolute atomic E-state index is 0.235. The van der Waals surface area contributed by atoms with Crippen LogP contribution in [0.2, 0.25) is 0 Å². The Kier molecular flexibility index (Phi) is 8.15. The molecular weight excluding hydrogens is 447 g/mol. The molecule has 35 heavy (non-hydrogen) atoms. The molecule has 4 rings (SSSR count). The van der Waals surface area contributed by atoms with E-state index in [4.69, 9.17) is 14.5 Å². The van der Waals surface area contributed by atoms with Crippen molar-refractivity contribution in [3.63, 3.8) is 0 Å². The van der Waals surface area contributed by atoms with Gasteiger partial charge in [-0.15, -0.1) is 0 Å². The lowest BCUT2D eigenvalue weighted by Crippen LogP contribution is -2.49. The number of ether oxygens (including phenoxy) is 2. The number of nitrogens with zero attached hydrogens (tertiary/aromatic N) is 4. The normalized spacial score (nSPS) is 15.2. The predicted molar refractivity (Wildman–Crippen MR) is 134 cm³/mol. The summed E-state index contributed by atoms with van der Waals surface area (Å²) in [4.78, 5) is 13.9. The number of aliphatic hydroxyl groups excluding tert-OH is 1. The van der Waals surface area contributed by atoms with Crippen molar-refractivity contribution in [3.8, 4) is 11.5 Å². The van der Waals surface area contributed by atoms with Crippen LogP contribution in [0.4, 0.5) is 10.2 Å². The van der Waals surface area contributed by atoms with Crippen molar-refractivity contribution >= 4 is 5.82 Å². The molecule has 8 heteroatoms. The molecule has 0 unspecified atom stereocenters. The standard InChI is InChI=1S/C27H33FN4O3/c1-19-26(16-21-4-6-22(28)7-5-21)27(30-20(2)29-19)32-14-12-31(13-15-32)17-23(33)18-35-25-10-8-24(34-3)9-11-25/h4-11,23,33H,12-18H2,1-3H3/t23-/m0/s1. The molecule has 186 valence electrons. The number of halogens is 1. The minimum Gasteiger partial charge on any atom is -0.497 e. The Bertz CT molecular complexity index is 1100. The van der Waals surface area contributed by atoms with Gasteiger partial charge >= 0.3 is 0 Å². The quantitative estimate of drug-likeness (QED) is 0.503. The van der Waals surface area contributed by atoms with Gasteiger partial charge in [0.2, 0.25) is 0 Å². The van der Waals surface area contributed by atoms with Crippen LogP contribution in [-0.2, 0) is 6.42 Å². The van der Waals surface area contributed by atoms with Gasteiger partial charge in [-0.2, -0.15) is 0 Å². The molecule has 0 bridgehead atoms. The molecule has 0 spiro atoms. The molecule has 1 fully saturated rings. The number of hydrogen-bond acceptors (Lipinski definition) is 7. The maximum Gasteiger partial charge on any atom is 0.136 e. The van der Waals surface area contributed by atoms with E-state index >= 15 is 0 Å². The molecule has 0 aliphatic carbocycles. The molecule has 0 saturated carbocycles. The number of methoxy groups -OCH3 is 1. The van der Waals surface area contributed by atoms with Crippen LogP contribution in [0.15, 0.2) is 48.5 Å². The molecular formula is C27H33FN4O3. The first-order valence-corrected chi connectivity index (χ1v) is 11.9. The number of hydrogen-bond donors (Lipinski definition) is 1. The number of piperazine rings is 1. The maximum atomic E-state index is 13.3. The number of β-amino-alcohol motifs (C(OH)–C–C–N with tert-alkyl or cyclic N) is 1. The van der Waals surface area contributed by atoms with E-state index in [9.17, 15) is 9.50 Å². The molecule has 3 aromatic rings. The van der Waals surface area contributed by atoms with Crippen molar-refractivity contribution in [1.29, 1.82) is 0 Å². The van der Waals surface area contributed by atoms with Gasteiger partial charge in [-0.1, -0.05) is 12.1 Å². The second kappa shape index (κ2) is 11.5. The summed E-state index contributed by atoms with van der Waals surface area (Å²) in [5, 5.41) is 10.5. The fourth-order valence-electron chi connectivity index (χ4n) is 4.35. The summed E-state index contributed by atoms with van der Waals surface area (Å²) in [5.41, 5.74) is 3.05. The lowest BCUT2D eigenvalue weighted by atomic mass is 10.0. The fraction of sp³-hybridized carbons (Fsp3) is 0.407. The number of aryl methyl sites for hydroxylation is 2. The first kappa shape index (κ1) is 24.9. The zero-order valence-corrected chi connectivity index (χ0v) is 20.6. The van der Waals surface area contributed by atoms with Gasteiger partial charge in [0.25, 0.3) is 0 Å². The Balaban J connectivity index is 1.33. The summed E-state index contributed by atoms with van der Waals surface area (Å²) < 4.78 is 24.2. The summed E-state index contributed by atoms with van der Waals surface area (Å²) in [6, 6.07) is 13.9. The molecule has 1 saturated heterocycles. The SMILES string of the molecule is COc1ccc(OC[C@@H](O)CN2CCN(c3nc(C)nc(C)c3Cc3ccc(F)cc3)CC2)cc1. The highest BCUT2D eigenvalue weighted by Crippen LogP contribution is 2.25. The Morgan fingerprint density at radius 1 is 0.943 bits per heavy atom. The average Bonchev–Trinajstić information content (AvgIpc) is 2.86. The van der Waals surface area contributed by atoms with E-state index in [0.717, 1.165) is 60.4 Å². The van der Waals surface area contributed by atoms with Gasteiger partial charge in [0.05, 0.1) is 7.11 Å². The Morgan fingerprint density at radius 3 is 2.26 bits per heavy atom. The third-order valence-electron chi connectivity index (χ3n) is 6.24. The lowest BCUT2D eigenvalue weighted by Gasteiger charge is -2.37. The lowest BCUT2D eigenvalue weighted by molar-refractivity contribution is 0.0662. The number of anilines is 1. The predicted octanol–water partition coefficient (Wildman–Crippen LogP) is 3.39. The molecule has 1 aliphatic rings. The molecule has 1 N–H and O–H groups in total.